The molecule has 0 bridgehead atoms. The van der Waals surface area contributed by atoms with Gasteiger partial charge in [-0.1, -0.05) is 30.3 Å². The van der Waals surface area contributed by atoms with Crippen molar-refractivity contribution in [2.24, 2.45) is 5.10 Å². The van der Waals surface area contributed by atoms with Crippen molar-refractivity contribution in [3.63, 3.8) is 0 Å². The van der Waals surface area contributed by atoms with Gasteiger partial charge in [0.2, 0.25) is 0 Å². The monoisotopic (exact) mass is 243 g/mol. The number of nitrogens with zero attached hydrogens (tertiary/aromatic N) is 1. The van der Waals surface area contributed by atoms with Crippen molar-refractivity contribution in [3.8, 4) is 0 Å². The lowest BCUT2D eigenvalue weighted by Crippen LogP contribution is -2.99. The van der Waals surface area contributed by atoms with Gasteiger partial charge in [-0.15, -0.1) is 0 Å². The van der Waals surface area contributed by atoms with E-state index in [1.54, 1.807) is 18.3 Å². The molecule has 18 heavy (non-hydrogen) atoms. The Labute approximate surface area is 105 Å². The number of nitrogens with one attached hydrogen (secondary N) is 2. The third-order valence-corrected chi connectivity index (χ3v) is 2.34. The Morgan fingerprint density at radius 2 is 1.72 bits per heavy atom. The van der Waals surface area contributed by atoms with Gasteiger partial charge in [-0.25, -0.2) is 5.21 Å². The largest absolute Gasteiger partial charge is 0.595 e. The van der Waals surface area contributed by atoms with Crippen molar-refractivity contribution in [2.75, 3.05) is 5.43 Å². The fraction of sp³-hybridized carbons (Fsp3) is 0. The first-order valence-corrected chi connectivity index (χ1v) is 5.43. The van der Waals surface area contributed by atoms with E-state index in [-0.39, 0.29) is 5.69 Å². The minimum atomic E-state index is -0.936. The average molecular weight is 243 g/mol. The quantitative estimate of drug-likeness (QED) is 0.563. The van der Waals surface area contributed by atoms with Crippen molar-refractivity contribution < 1.29 is 10.4 Å². The molecule has 0 radical (unpaired) electrons. The van der Waals surface area contributed by atoms with Crippen LogP contribution in [0.3, 0.4) is 0 Å². The maximum absolute atomic E-state index is 10.7. The van der Waals surface area contributed by atoms with Gasteiger partial charge in [0.1, 0.15) is 0 Å². The topological polar surface area (TPSA) is 72.1 Å². The van der Waals surface area contributed by atoms with Gasteiger partial charge in [0.15, 0.2) is 5.69 Å². The summed E-state index contributed by atoms with van der Waals surface area (Å²) in [6, 6.07) is 16.1. The van der Waals surface area contributed by atoms with Gasteiger partial charge in [-0.3, -0.25) is 5.43 Å². The molecule has 1 unspecified atom stereocenters. The van der Waals surface area contributed by atoms with Crippen LogP contribution in [-0.2, 0) is 0 Å². The zero-order chi connectivity index (χ0) is 12.8. The van der Waals surface area contributed by atoms with E-state index in [1.807, 2.05) is 30.3 Å². The van der Waals surface area contributed by atoms with Crippen LogP contribution in [0.4, 0.5) is 11.4 Å². The van der Waals surface area contributed by atoms with Crippen LogP contribution in [0.1, 0.15) is 5.56 Å². The van der Waals surface area contributed by atoms with Crippen LogP contribution in [0.25, 0.3) is 0 Å². The van der Waals surface area contributed by atoms with E-state index in [1.165, 1.54) is 12.1 Å². The van der Waals surface area contributed by atoms with E-state index < -0.39 is 5.23 Å². The Morgan fingerprint density at radius 1 is 1.06 bits per heavy atom. The van der Waals surface area contributed by atoms with E-state index in [4.69, 9.17) is 5.21 Å². The summed E-state index contributed by atoms with van der Waals surface area (Å²) in [5.74, 6) is 0. The Morgan fingerprint density at radius 3 is 2.33 bits per heavy atom. The number of anilines is 1. The normalized spacial score (nSPS) is 12.6. The molecule has 2 aromatic carbocycles. The average Bonchev–Trinajstić information content (AvgIpc) is 2.40. The molecule has 0 saturated carbocycles. The fourth-order valence-electron chi connectivity index (χ4n) is 1.41. The van der Waals surface area contributed by atoms with E-state index in [0.717, 1.165) is 11.3 Å². The molecule has 5 heteroatoms. The summed E-state index contributed by atoms with van der Waals surface area (Å²) in [5, 5.41) is 22.5. The lowest BCUT2D eigenvalue weighted by molar-refractivity contribution is -0.991. The summed E-state index contributed by atoms with van der Waals surface area (Å²) >= 11 is 0. The summed E-state index contributed by atoms with van der Waals surface area (Å²) in [6.45, 7) is 0. The zero-order valence-electron chi connectivity index (χ0n) is 9.58. The van der Waals surface area contributed by atoms with E-state index in [0.29, 0.717) is 0 Å². The molecule has 0 heterocycles. The molecule has 92 valence electrons. The lowest BCUT2D eigenvalue weighted by Gasteiger charge is -2.11. The fourth-order valence-corrected chi connectivity index (χ4v) is 1.41. The van der Waals surface area contributed by atoms with Crippen LogP contribution >= 0.6 is 0 Å². The third kappa shape index (κ3) is 3.39. The molecule has 0 amide bonds. The highest BCUT2D eigenvalue weighted by Crippen LogP contribution is 2.10. The predicted octanol–water partition coefficient (Wildman–Crippen LogP) is 1.54. The molecule has 2 aromatic rings. The SMILES string of the molecule is [O-][NH+](O)c1ccc(NN=Cc2ccccc2)cc1. The lowest BCUT2D eigenvalue weighted by atomic mass is 10.2. The minimum absolute atomic E-state index is 0.257. The number of benzene rings is 2. The second-order valence-electron chi connectivity index (χ2n) is 3.66. The summed E-state index contributed by atoms with van der Waals surface area (Å²) in [4.78, 5) is 0. The number of rotatable bonds is 4. The molecule has 1 atom stereocenters. The molecule has 0 aliphatic rings. The van der Waals surface area contributed by atoms with Crippen molar-refractivity contribution in [2.45, 2.75) is 0 Å². The van der Waals surface area contributed by atoms with Crippen LogP contribution in [-0.4, -0.2) is 11.4 Å². The van der Waals surface area contributed by atoms with Gasteiger partial charge in [-0.05, 0) is 17.7 Å². The molecule has 3 N–H and O–H groups in total. The smallest absolute Gasteiger partial charge is 0.163 e. The summed E-state index contributed by atoms with van der Waals surface area (Å²) in [5.41, 5.74) is 4.83. The molecule has 0 aromatic heterocycles. The van der Waals surface area contributed by atoms with E-state index in [2.05, 4.69) is 10.5 Å². The van der Waals surface area contributed by atoms with Crippen LogP contribution < -0.4 is 10.7 Å². The molecule has 0 fully saturated rings. The first-order valence-electron chi connectivity index (χ1n) is 5.43. The number of hydrazone groups is 1. The molecule has 0 aliphatic heterocycles. The molecule has 5 nitrogen and oxygen atoms in total. The van der Waals surface area contributed by atoms with Crippen molar-refractivity contribution >= 4 is 17.6 Å². The van der Waals surface area contributed by atoms with Gasteiger partial charge in [0.25, 0.3) is 0 Å². The maximum atomic E-state index is 10.7. The molecule has 0 saturated heterocycles. The van der Waals surface area contributed by atoms with Gasteiger partial charge in [0.05, 0.1) is 11.9 Å². The van der Waals surface area contributed by atoms with E-state index in [9.17, 15) is 5.21 Å². The Balaban J connectivity index is 1.96. The van der Waals surface area contributed by atoms with Crippen molar-refractivity contribution in [1.29, 1.82) is 0 Å². The highest BCUT2D eigenvalue weighted by atomic mass is 16.8. The molecule has 0 aliphatic carbocycles. The maximum Gasteiger partial charge on any atom is 0.163 e. The second-order valence-corrected chi connectivity index (χ2v) is 3.66. The second kappa shape index (κ2) is 5.92. The molecular weight excluding hydrogens is 230 g/mol. The molecule has 2 rings (SSSR count). The number of hydrogen-bond donors (Lipinski definition) is 3. The van der Waals surface area contributed by atoms with Crippen molar-refractivity contribution in [3.05, 3.63) is 65.4 Å². The van der Waals surface area contributed by atoms with Crippen LogP contribution in [0, 0.1) is 5.21 Å². The predicted molar refractivity (Wildman–Crippen MR) is 69.9 cm³/mol. The van der Waals surface area contributed by atoms with E-state index >= 15 is 0 Å². The Kier molecular flexibility index (Phi) is 4.03. The summed E-state index contributed by atoms with van der Waals surface area (Å²) in [7, 11) is 0. The Bertz CT molecular complexity index is 510. The highest BCUT2D eigenvalue weighted by Gasteiger charge is 1.98. The van der Waals surface area contributed by atoms with Crippen molar-refractivity contribution in [1.82, 2.24) is 0 Å². The highest BCUT2D eigenvalue weighted by molar-refractivity contribution is 5.80. The first kappa shape index (κ1) is 12.3. The summed E-state index contributed by atoms with van der Waals surface area (Å²) in [6.07, 6.45) is 1.70. The molecular formula is C13H13N3O2. The third-order valence-electron chi connectivity index (χ3n) is 2.34. The number of hydrogen-bond acceptors (Lipinski definition) is 4. The van der Waals surface area contributed by atoms with Gasteiger partial charge in [-0.2, -0.15) is 10.3 Å². The number of quaternary nitrogens is 1. The first-order chi connectivity index (χ1) is 8.75. The summed E-state index contributed by atoms with van der Waals surface area (Å²) < 4.78 is 0. The zero-order valence-corrected chi connectivity index (χ0v) is 9.58. The standard InChI is InChI=1S/C13H13N3O2/c17-16(18)13-8-6-12(7-9-13)15-14-10-11-4-2-1-3-5-11/h1-10,15-17H. The van der Waals surface area contributed by atoms with Gasteiger partial charge < -0.3 is 5.21 Å². The molecule has 0 spiro atoms. The van der Waals surface area contributed by atoms with Gasteiger partial charge >= 0.3 is 0 Å². The minimum Gasteiger partial charge on any atom is -0.595 e. The van der Waals surface area contributed by atoms with Crippen LogP contribution in [0.2, 0.25) is 0 Å². The Hall–Kier alpha value is -2.21. The van der Waals surface area contributed by atoms with Crippen LogP contribution in [0.15, 0.2) is 59.7 Å². The van der Waals surface area contributed by atoms with Crippen LogP contribution in [0.5, 0.6) is 0 Å². The van der Waals surface area contributed by atoms with Gasteiger partial charge in [0, 0.05) is 12.1 Å².